The molecule has 0 bridgehead atoms. The Morgan fingerprint density at radius 1 is 1.60 bits per heavy atom. The molecule has 1 fully saturated rings. The van der Waals surface area contributed by atoms with Crippen LogP contribution in [0.25, 0.3) is 0 Å². The molecule has 1 aromatic rings. The second kappa shape index (κ2) is 2.08. The van der Waals surface area contributed by atoms with Gasteiger partial charge in [0.05, 0.1) is 0 Å². The highest BCUT2D eigenvalue weighted by Crippen LogP contribution is 2.38. The van der Waals surface area contributed by atoms with Gasteiger partial charge in [-0.25, -0.2) is 0 Å². The molecular formula is C9H10N. The minimum absolute atomic E-state index is 0.772. The molecule has 1 saturated carbocycles. The topological polar surface area (TPSA) is 12.9 Å². The van der Waals surface area contributed by atoms with E-state index in [0.29, 0.717) is 0 Å². The Labute approximate surface area is 61.1 Å². The molecule has 1 aliphatic rings. The van der Waals surface area contributed by atoms with E-state index in [1.165, 1.54) is 24.1 Å². The maximum absolute atomic E-state index is 4.25. The van der Waals surface area contributed by atoms with Gasteiger partial charge in [-0.2, -0.15) is 0 Å². The highest BCUT2D eigenvalue weighted by molar-refractivity contribution is 5.19. The smallest absolute Gasteiger partial charge is 0.0437 e. The summed E-state index contributed by atoms with van der Waals surface area (Å²) >= 11 is 0. The molecule has 2 rings (SSSR count). The fourth-order valence-corrected chi connectivity index (χ4v) is 1.11. The van der Waals surface area contributed by atoms with E-state index in [2.05, 4.69) is 24.0 Å². The van der Waals surface area contributed by atoms with Crippen LogP contribution in [0.5, 0.6) is 0 Å². The van der Waals surface area contributed by atoms with Crippen molar-refractivity contribution >= 4 is 0 Å². The molecular weight excluding hydrogens is 122 g/mol. The van der Waals surface area contributed by atoms with Crippen LogP contribution in [0.3, 0.4) is 0 Å². The lowest BCUT2D eigenvalue weighted by atomic mass is 10.2. The third kappa shape index (κ3) is 1.04. The van der Waals surface area contributed by atoms with Crippen LogP contribution in [0.4, 0.5) is 0 Å². The molecule has 0 aromatic carbocycles. The number of pyridine rings is 1. The van der Waals surface area contributed by atoms with Gasteiger partial charge in [0.15, 0.2) is 0 Å². The van der Waals surface area contributed by atoms with E-state index in [1.807, 2.05) is 0 Å². The summed E-state index contributed by atoms with van der Waals surface area (Å²) < 4.78 is 0. The van der Waals surface area contributed by atoms with Crippen molar-refractivity contribution in [1.82, 2.24) is 4.98 Å². The van der Waals surface area contributed by atoms with Gasteiger partial charge in [-0.1, -0.05) is 0 Å². The average Bonchev–Trinajstić information content (AvgIpc) is 2.68. The van der Waals surface area contributed by atoms with E-state index in [1.54, 1.807) is 6.20 Å². The number of nitrogens with zero attached hydrogens (tertiary/aromatic N) is 1. The Morgan fingerprint density at radius 2 is 2.40 bits per heavy atom. The first-order chi connectivity index (χ1) is 4.86. The van der Waals surface area contributed by atoms with Crippen molar-refractivity contribution < 1.29 is 0 Å². The summed E-state index contributed by atoms with van der Waals surface area (Å²) in [6, 6.07) is 5.18. The lowest BCUT2D eigenvalue weighted by Crippen LogP contribution is -1.85. The van der Waals surface area contributed by atoms with Crippen molar-refractivity contribution in [3.8, 4) is 0 Å². The average molecular weight is 132 g/mol. The molecule has 0 saturated heterocycles. The molecule has 0 N–H and O–H groups in total. The van der Waals surface area contributed by atoms with Crippen molar-refractivity contribution in [2.24, 2.45) is 0 Å². The minimum atomic E-state index is 0.772. The zero-order valence-electron chi connectivity index (χ0n) is 6.09. The molecule has 1 aliphatic carbocycles. The summed E-state index contributed by atoms with van der Waals surface area (Å²) in [6.45, 7) is 2.06. The van der Waals surface area contributed by atoms with Crippen LogP contribution in [0, 0.1) is 13.0 Å². The van der Waals surface area contributed by atoms with Gasteiger partial charge in [0.2, 0.25) is 0 Å². The molecule has 0 unspecified atom stereocenters. The van der Waals surface area contributed by atoms with Crippen LogP contribution in [0.15, 0.2) is 12.3 Å². The molecule has 0 spiro atoms. The standard InChI is InChI=1S/C9H10N/c1-7-4-5-10-9(6-7)8-2-3-8/h5-6,8H,2-3H2,1H3. The van der Waals surface area contributed by atoms with Crippen molar-refractivity contribution in [3.63, 3.8) is 0 Å². The molecule has 1 heterocycles. The number of aryl methyl sites for hydroxylation is 1. The van der Waals surface area contributed by atoms with Crippen molar-refractivity contribution in [2.45, 2.75) is 25.7 Å². The zero-order chi connectivity index (χ0) is 6.97. The van der Waals surface area contributed by atoms with E-state index < -0.39 is 0 Å². The van der Waals surface area contributed by atoms with Crippen LogP contribution >= 0.6 is 0 Å². The molecule has 1 heteroatoms. The molecule has 51 valence electrons. The number of hydrogen-bond donors (Lipinski definition) is 0. The van der Waals surface area contributed by atoms with Gasteiger partial charge in [-0.15, -0.1) is 0 Å². The minimum Gasteiger partial charge on any atom is -0.260 e. The molecule has 0 aliphatic heterocycles. The quantitative estimate of drug-likeness (QED) is 0.570. The summed E-state index contributed by atoms with van der Waals surface area (Å²) in [7, 11) is 0. The number of aromatic nitrogens is 1. The van der Waals surface area contributed by atoms with E-state index >= 15 is 0 Å². The SMILES string of the molecule is Cc1[c]cnc(C2CC2)c1. The Hall–Kier alpha value is -0.850. The van der Waals surface area contributed by atoms with Crippen LogP contribution in [0.2, 0.25) is 0 Å². The van der Waals surface area contributed by atoms with Gasteiger partial charge < -0.3 is 0 Å². The second-order valence-corrected chi connectivity index (χ2v) is 2.93. The maximum Gasteiger partial charge on any atom is 0.0437 e. The fraction of sp³-hybridized carbons (Fsp3) is 0.444. The Balaban J connectivity index is 2.32. The lowest BCUT2D eigenvalue weighted by molar-refractivity contribution is 1.01. The summed E-state index contributed by atoms with van der Waals surface area (Å²) in [5.74, 6) is 0.772. The Kier molecular flexibility index (Phi) is 1.23. The van der Waals surface area contributed by atoms with Gasteiger partial charge in [0.25, 0.3) is 0 Å². The first-order valence-electron chi connectivity index (χ1n) is 3.70. The maximum atomic E-state index is 4.25. The summed E-state index contributed by atoms with van der Waals surface area (Å²) in [4.78, 5) is 4.25. The van der Waals surface area contributed by atoms with Crippen molar-refractivity contribution in [1.29, 1.82) is 0 Å². The Morgan fingerprint density at radius 3 is 3.00 bits per heavy atom. The van der Waals surface area contributed by atoms with E-state index in [-0.39, 0.29) is 0 Å². The largest absolute Gasteiger partial charge is 0.260 e. The third-order valence-electron chi connectivity index (χ3n) is 1.87. The first-order valence-corrected chi connectivity index (χ1v) is 3.70. The Bertz CT molecular complexity index is 238. The normalized spacial score (nSPS) is 17.3. The fourth-order valence-electron chi connectivity index (χ4n) is 1.11. The first kappa shape index (κ1) is 5.90. The summed E-state index contributed by atoms with van der Waals surface area (Å²) in [5, 5.41) is 0. The lowest BCUT2D eigenvalue weighted by Gasteiger charge is -1.95. The van der Waals surface area contributed by atoms with E-state index in [0.717, 1.165) is 5.92 Å². The molecule has 0 atom stereocenters. The van der Waals surface area contributed by atoms with Gasteiger partial charge in [-0.05, 0) is 31.4 Å². The van der Waals surface area contributed by atoms with Crippen molar-refractivity contribution in [2.75, 3.05) is 0 Å². The number of rotatable bonds is 1. The molecule has 1 radical (unpaired) electrons. The van der Waals surface area contributed by atoms with Gasteiger partial charge in [0.1, 0.15) is 0 Å². The molecule has 1 nitrogen and oxygen atoms in total. The van der Waals surface area contributed by atoms with Crippen LogP contribution in [-0.2, 0) is 0 Å². The van der Waals surface area contributed by atoms with Crippen LogP contribution < -0.4 is 0 Å². The predicted octanol–water partition coefficient (Wildman–Crippen LogP) is 2.07. The van der Waals surface area contributed by atoms with Crippen molar-refractivity contribution in [3.05, 3.63) is 29.6 Å². The zero-order valence-corrected chi connectivity index (χ0v) is 6.09. The highest BCUT2D eigenvalue weighted by atomic mass is 14.7. The molecule has 1 aromatic heterocycles. The number of hydrogen-bond acceptors (Lipinski definition) is 1. The van der Waals surface area contributed by atoms with Gasteiger partial charge in [-0.3, -0.25) is 4.98 Å². The monoisotopic (exact) mass is 132 g/mol. The van der Waals surface area contributed by atoms with E-state index in [4.69, 9.17) is 0 Å². The van der Waals surface area contributed by atoms with Gasteiger partial charge in [0, 0.05) is 23.9 Å². The van der Waals surface area contributed by atoms with E-state index in [9.17, 15) is 0 Å². The molecule has 10 heavy (non-hydrogen) atoms. The third-order valence-corrected chi connectivity index (χ3v) is 1.87. The van der Waals surface area contributed by atoms with Gasteiger partial charge >= 0.3 is 0 Å². The highest BCUT2D eigenvalue weighted by Gasteiger charge is 2.24. The second-order valence-electron chi connectivity index (χ2n) is 2.93. The molecule has 0 amide bonds. The predicted molar refractivity (Wildman–Crippen MR) is 39.8 cm³/mol. The van der Waals surface area contributed by atoms with Crippen LogP contribution in [0.1, 0.15) is 30.0 Å². The summed E-state index contributed by atoms with van der Waals surface area (Å²) in [5.41, 5.74) is 2.47. The van der Waals surface area contributed by atoms with Crippen LogP contribution in [-0.4, -0.2) is 4.98 Å². The summed E-state index contributed by atoms with van der Waals surface area (Å²) in [6.07, 6.45) is 4.44.